The summed E-state index contributed by atoms with van der Waals surface area (Å²) in [5, 5.41) is 0.0837. The number of ether oxygens (including phenoxy) is 1. The molecule has 0 spiro atoms. The molecule has 2 aliphatic carbocycles. The quantitative estimate of drug-likeness (QED) is 0.520. The first-order chi connectivity index (χ1) is 12.2. The van der Waals surface area contributed by atoms with Crippen molar-refractivity contribution >= 4 is 20.3 Å². The van der Waals surface area contributed by atoms with Gasteiger partial charge in [0.1, 0.15) is 5.60 Å². The number of carbonyl (C=O) groups excluding carboxylic acids is 2. The molecule has 0 radical (unpaired) electrons. The fourth-order valence-corrected chi connectivity index (χ4v) is 5.48. The van der Waals surface area contributed by atoms with E-state index in [0.717, 1.165) is 6.42 Å². The predicted molar refractivity (Wildman–Crippen MR) is 108 cm³/mol. The molecule has 1 heterocycles. The summed E-state index contributed by atoms with van der Waals surface area (Å²) < 4.78 is 12.0. The SMILES string of the molecule is CC(C)(C)OC(=O)N1C(=O)[C@H]2[C@@H]([C@H]1CO[Si](C)(C)C(C)(C)C)[C@H]1C=C[C@@H]2C1. The number of fused-ring (bicyclic) bond motifs is 5. The lowest BCUT2D eigenvalue weighted by atomic mass is 9.82. The molecule has 1 saturated carbocycles. The molecule has 5 atom stereocenters. The molecule has 1 aliphatic heterocycles. The van der Waals surface area contributed by atoms with E-state index in [9.17, 15) is 9.59 Å². The van der Waals surface area contributed by atoms with E-state index in [1.807, 2.05) is 20.8 Å². The third kappa shape index (κ3) is 3.62. The number of amides is 2. The van der Waals surface area contributed by atoms with E-state index in [0.29, 0.717) is 12.5 Å². The summed E-state index contributed by atoms with van der Waals surface area (Å²) >= 11 is 0. The minimum Gasteiger partial charge on any atom is -0.443 e. The average Bonchev–Trinajstić information content (AvgIpc) is 3.14. The van der Waals surface area contributed by atoms with Crippen LogP contribution in [0.5, 0.6) is 0 Å². The van der Waals surface area contributed by atoms with Crippen LogP contribution in [-0.4, -0.2) is 43.5 Å². The summed E-state index contributed by atoms with van der Waals surface area (Å²) in [6.07, 6.45) is 4.90. The standard InChI is InChI=1S/C21H35NO4Si/c1-20(2,3)26-19(24)22-15(12-25-27(7,8)21(4,5)6)16-13-9-10-14(11-13)17(16)18(22)23/h9-10,13-17H,11-12H2,1-8H3/t13-,14+,15+,16+,17+/m0/s1. The third-order valence-corrected chi connectivity index (χ3v) is 11.3. The van der Waals surface area contributed by atoms with Crippen molar-refractivity contribution in [2.24, 2.45) is 23.7 Å². The second-order valence-electron chi connectivity index (χ2n) is 10.9. The Kier molecular flexibility index (Phi) is 4.91. The highest BCUT2D eigenvalue weighted by atomic mass is 28.4. The Labute approximate surface area is 164 Å². The first kappa shape index (κ1) is 20.6. The normalized spacial score (nSPS) is 33.0. The molecular formula is C21H35NO4Si. The highest BCUT2D eigenvalue weighted by Crippen LogP contribution is 2.55. The molecule has 0 N–H and O–H groups in total. The van der Waals surface area contributed by atoms with Gasteiger partial charge in [0.05, 0.1) is 18.6 Å². The molecule has 0 aromatic rings. The van der Waals surface area contributed by atoms with E-state index in [-0.39, 0.29) is 34.7 Å². The van der Waals surface area contributed by atoms with Crippen LogP contribution in [0.15, 0.2) is 12.2 Å². The second kappa shape index (κ2) is 6.44. The molecule has 0 unspecified atom stereocenters. The molecule has 0 aromatic carbocycles. The molecule has 2 fully saturated rings. The van der Waals surface area contributed by atoms with Crippen molar-refractivity contribution in [3.63, 3.8) is 0 Å². The lowest BCUT2D eigenvalue weighted by Gasteiger charge is -2.39. The Morgan fingerprint density at radius 3 is 2.30 bits per heavy atom. The van der Waals surface area contributed by atoms with E-state index in [1.54, 1.807) is 0 Å². The average molecular weight is 394 g/mol. The van der Waals surface area contributed by atoms with Gasteiger partial charge in [-0.15, -0.1) is 0 Å². The number of likely N-dealkylation sites (tertiary alicyclic amines) is 1. The first-order valence-electron chi connectivity index (χ1n) is 10.1. The van der Waals surface area contributed by atoms with Crippen molar-refractivity contribution in [1.29, 1.82) is 0 Å². The Morgan fingerprint density at radius 1 is 1.15 bits per heavy atom. The lowest BCUT2D eigenvalue weighted by Crippen LogP contribution is -2.49. The summed E-state index contributed by atoms with van der Waals surface area (Å²) in [5.74, 6) is 0.611. The highest BCUT2D eigenvalue weighted by Gasteiger charge is 2.61. The van der Waals surface area contributed by atoms with Gasteiger partial charge in [-0.25, -0.2) is 9.69 Å². The van der Waals surface area contributed by atoms with Crippen LogP contribution in [0.3, 0.4) is 0 Å². The Morgan fingerprint density at radius 2 is 1.74 bits per heavy atom. The summed E-state index contributed by atoms with van der Waals surface area (Å²) in [6.45, 7) is 16.9. The zero-order valence-corrected chi connectivity index (χ0v) is 19.0. The van der Waals surface area contributed by atoms with Crippen molar-refractivity contribution in [3.05, 3.63) is 12.2 Å². The van der Waals surface area contributed by atoms with Crippen LogP contribution in [0.1, 0.15) is 48.0 Å². The maximum Gasteiger partial charge on any atom is 0.417 e. The van der Waals surface area contributed by atoms with Crippen molar-refractivity contribution < 1.29 is 18.8 Å². The van der Waals surface area contributed by atoms with Crippen LogP contribution in [0.2, 0.25) is 18.1 Å². The van der Waals surface area contributed by atoms with Crippen molar-refractivity contribution in [2.45, 2.75) is 77.7 Å². The molecule has 6 heteroatoms. The fraction of sp³-hybridized carbons (Fsp3) is 0.810. The number of hydrogen-bond acceptors (Lipinski definition) is 4. The Bertz CT molecular complexity index is 658. The predicted octanol–water partition coefficient (Wildman–Crippen LogP) is 4.59. The molecule has 5 nitrogen and oxygen atoms in total. The topological polar surface area (TPSA) is 55.8 Å². The van der Waals surface area contributed by atoms with Crippen LogP contribution < -0.4 is 0 Å². The van der Waals surface area contributed by atoms with Crippen molar-refractivity contribution in [2.75, 3.05) is 6.61 Å². The zero-order chi connectivity index (χ0) is 20.4. The minimum absolute atomic E-state index is 0.0741. The Balaban J connectivity index is 1.85. The largest absolute Gasteiger partial charge is 0.443 e. The van der Waals surface area contributed by atoms with Gasteiger partial charge in [-0.05, 0) is 57.2 Å². The monoisotopic (exact) mass is 393 g/mol. The number of imide groups is 1. The van der Waals surface area contributed by atoms with Crippen molar-refractivity contribution in [3.8, 4) is 0 Å². The highest BCUT2D eigenvalue weighted by molar-refractivity contribution is 6.74. The lowest BCUT2D eigenvalue weighted by molar-refractivity contribution is -0.132. The minimum atomic E-state index is -1.98. The van der Waals surface area contributed by atoms with Gasteiger partial charge in [-0.2, -0.15) is 0 Å². The Hall–Kier alpha value is -1.14. The molecule has 1 saturated heterocycles. The van der Waals surface area contributed by atoms with Gasteiger partial charge < -0.3 is 9.16 Å². The van der Waals surface area contributed by atoms with Gasteiger partial charge in [-0.1, -0.05) is 32.9 Å². The van der Waals surface area contributed by atoms with Crippen LogP contribution >= 0.6 is 0 Å². The van der Waals surface area contributed by atoms with E-state index in [2.05, 4.69) is 46.0 Å². The third-order valence-electron chi connectivity index (χ3n) is 6.83. The zero-order valence-electron chi connectivity index (χ0n) is 18.0. The van der Waals surface area contributed by atoms with E-state index in [4.69, 9.17) is 9.16 Å². The molecule has 2 amide bonds. The number of allylic oxidation sites excluding steroid dienone is 2. The van der Waals surface area contributed by atoms with Crippen LogP contribution in [-0.2, 0) is 14.0 Å². The number of carbonyl (C=O) groups is 2. The van der Waals surface area contributed by atoms with Gasteiger partial charge in [0, 0.05) is 5.92 Å². The van der Waals surface area contributed by atoms with E-state index >= 15 is 0 Å². The van der Waals surface area contributed by atoms with Crippen molar-refractivity contribution in [1.82, 2.24) is 4.90 Å². The maximum absolute atomic E-state index is 13.2. The molecule has 2 bridgehead atoms. The number of hydrogen-bond donors (Lipinski definition) is 0. The summed E-state index contributed by atoms with van der Waals surface area (Å²) in [7, 11) is -1.98. The maximum atomic E-state index is 13.2. The van der Waals surface area contributed by atoms with Gasteiger partial charge in [-0.3, -0.25) is 4.79 Å². The molecule has 3 rings (SSSR count). The number of nitrogens with zero attached hydrogens (tertiary/aromatic N) is 1. The van der Waals surface area contributed by atoms with Gasteiger partial charge in [0.2, 0.25) is 5.91 Å². The molecule has 152 valence electrons. The van der Waals surface area contributed by atoms with E-state index < -0.39 is 20.0 Å². The smallest absolute Gasteiger partial charge is 0.417 e. The molecule has 27 heavy (non-hydrogen) atoms. The fourth-order valence-electron chi connectivity index (χ4n) is 4.46. The molecular weight excluding hydrogens is 358 g/mol. The first-order valence-corrected chi connectivity index (χ1v) is 13.0. The summed E-state index contributed by atoms with van der Waals surface area (Å²) in [5.41, 5.74) is -0.628. The molecule has 3 aliphatic rings. The second-order valence-corrected chi connectivity index (χ2v) is 15.7. The summed E-state index contributed by atoms with van der Waals surface area (Å²) in [4.78, 5) is 27.5. The van der Waals surface area contributed by atoms with Gasteiger partial charge in [0.25, 0.3) is 0 Å². The van der Waals surface area contributed by atoms with Gasteiger partial charge in [0.15, 0.2) is 8.32 Å². The van der Waals surface area contributed by atoms with Crippen LogP contribution in [0.25, 0.3) is 0 Å². The van der Waals surface area contributed by atoms with E-state index in [1.165, 1.54) is 4.90 Å². The molecule has 0 aromatic heterocycles. The van der Waals surface area contributed by atoms with Crippen LogP contribution in [0, 0.1) is 23.7 Å². The van der Waals surface area contributed by atoms with Crippen LogP contribution in [0.4, 0.5) is 4.79 Å². The number of rotatable bonds is 3. The van der Waals surface area contributed by atoms with Gasteiger partial charge >= 0.3 is 6.09 Å². The summed E-state index contributed by atoms with van der Waals surface area (Å²) in [6, 6.07) is -0.230.